The highest BCUT2D eigenvalue weighted by Gasteiger charge is 2.11. The minimum absolute atomic E-state index is 0.249. The molecule has 2 rings (SSSR count). The molecule has 0 spiro atoms. The summed E-state index contributed by atoms with van der Waals surface area (Å²) in [5.41, 5.74) is 4.10. The Morgan fingerprint density at radius 3 is 2.71 bits per heavy atom. The zero-order valence-electron chi connectivity index (χ0n) is 11.6. The number of rotatable bonds is 5. The van der Waals surface area contributed by atoms with E-state index >= 15 is 0 Å². The van der Waals surface area contributed by atoms with Crippen molar-refractivity contribution in [2.24, 2.45) is 0 Å². The van der Waals surface area contributed by atoms with Crippen molar-refractivity contribution >= 4 is 29.1 Å². The summed E-state index contributed by atoms with van der Waals surface area (Å²) in [6, 6.07) is 4.73. The molecule has 1 heterocycles. The van der Waals surface area contributed by atoms with Gasteiger partial charge in [0.05, 0.1) is 15.7 Å². The number of hydrogen-bond donors (Lipinski definition) is 1. The largest absolute Gasteiger partial charge is 0.379 e. The molecule has 0 aliphatic heterocycles. The van der Waals surface area contributed by atoms with Crippen LogP contribution < -0.4 is 10.3 Å². The van der Waals surface area contributed by atoms with E-state index < -0.39 is 0 Å². The third-order valence-electron chi connectivity index (χ3n) is 2.96. The monoisotopic (exact) mass is 328 g/mol. The van der Waals surface area contributed by atoms with Crippen molar-refractivity contribution in [3.63, 3.8) is 0 Å². The Kier molecular flexibility index (Phi) is 5.09. The second-order valence-corrected chi connectivity index (χ2v) is 5.32. The number of hydrogen-bond acceptors (Lipinski definition) is 4. The summed E-state index contributed by atoms with van der Waals surface area (Å²) in [5, 5.41) is 4.63. The Morgan fingerprint density at radius 1 is 1.33 bits per heavy atom. The Morgan fingerprint density at radius 2 is 2.10 bits per heavy atom. The average molecular weight is 329 g/mol. The lowest BCUT2D eigenvalue weighted by molar-refractivity contribution is -0.127. The summed E-state index contributed by atoms with van der Waals surface area (Å²) in [7, 11) is 0. The van der Waals surface area contributed by atoms with E-state index in [9.17, 15) is 4.79 Å². The fourth-order valence-corrected chi connectivity index (χ4v) is 2.09. The molecule has 7 heteroatoms. The van der Waals surface area contributed by atoms with Gasteiger partial charge in [-0.05, 0) is 32.4 Å². The van der Waals surface area contributed by atoms with Gasteiger partial charge in [0.25, 0.3) is 5.91 Å². The van der Waals surface area contributed by atoms with E-state index in [2.05, 4.69) is 10.6 Å². The molecule has 0 atom stereocenters. The van der Waals surface area contributed by atoms with Gasteiger partial charge in [-0.3, -0.25) is 4.79 Å². The highest BCUT2D eigenvalue weighted by molar-refractivity contribution is 6.42. The molecule has 0 bridgehead atoms. The molecule has 1 aromatic carbocycles. The Balaban J connectivity index is 1.83. The topological polar surface area (TPSA) is 64.4 Å². The molecule has 5 nitrogen and oxygen atoms in total. The van der Waals surface area contributed by atoms with Crippen LogP contribution in [0.3, 0.4) is 0 Å². The highest BCUT2D eigenvalue weighted by atomic mass is 35.5. The van der Waals surface area contributed by atoms with Gasteiger partial charge in [-0.25, -0.2) is 0 Å². The third kappa shape index (κ3) is 4.12. The summed E-state index contributed by atoms with van der Waals surface area (Å²) in [5.74, 6) is 0.891. The van der Waals surface area contributed by atoms with Crippen LogP contribution in [0.4, 0.5) is 0 Å². The molecule has 0 aliphatic carbocycles. The van der Waals surface area contributed by atoms with Gasteiger partial charge in [-0.2, -0.15) is 5.48 Å². The Labute approximate surface area is 132 Å². The minimum Gasteiger partial charge on any atom is -0.379 e. The van der Waals surface area contributed by atoms with Gasteiger partial charge >= 0.3 is 0 Å². The first-order valence-electron chi connectivity index (χ1n) is 6.30. The number of aryl methyl sites for hydroxylation is 2. The van der Waals surface area contributed by atoms with E-state index in [0.717, 1.165) is 17.0 Å². The van der Waals surface area contributed by atoms with E-state index in [1.807, 2.05) is 13.8 Å². The summed E-state index contributed by atoms with van der Waals surface area (Å²) in [6.07, 6.45) is 0.807. The predicted molar refractivity (Wildman–Crippen MR) is 79.5 cm³/mol. The standard InChI is InChI=1S/C14H14Cl2N2O3/c1-8-11(9(2)20-17-8)4-6-14(19)18-21-10-3-5-12(15)13(16)7-10/h3,5,7H,4,6H2,1-2H3,(H,18,19). The lowest BCUT2D eigenvalue weighted by Crippen LogP contribution is -2.27. The van der Waals surface area contributed by atoms with Gasteiger partial charge in [-0.1, -0.05) is 28.4 Å². The normalized spacial score (nSPS) is 10.5. The van der Waals surface area contributed by atoms with Crippen LogP contribution in [-0.4, -0.2) is 11.1 Å². The minimum atomic E-state index is -0.249. The van der Waals surface area contributed by atoms with E-state index in [1.54, 1.807) is 12.1 Å². The van der Waals surface area contributed by atoms with Crippen LogP contribution in [0.15, 0.2) is 22.7 Å². The van der Waals surface area contributed by atoms with Crippen molar-refractivity contribution in [2.75, 3.05) is 0 Å². The molecular formula is C14H14Cl2N2O3. The molecule has 1 aromatic heterocycles. The van der Waals surface area contributed by atoms with Crippen molar-refractivity contribution in [3.05, 3.63) is 45.3 Å². The fraction of sp³-hybridized carbons (Fsp3) is 0.286. The zero-order chi connectivity index (χ0) is 15.4. The molecule has 1 amide bonds. The molecular weight excluding hydrogens is 315 g/mol. The van der Waals surface area contributed by atoms with E-state index in [1.165, 1.54) is 6.07 Å². The zero-order valence-corrected chi connectivity index (χ0v) is 13.1. The summed E-state index contributed by atoms with van der Waals surface area (Å²) in [6.45, 7) is 3.66. The molecule has 1 N–H and O–H groups in total. The van der Waals surface area contributed by atoms with Crippen molar-refractivity contribution in [1.29, 1.82) is 0 Å². The summed E-state index contributed by atoms with van der Waals surface area (Å²) < 4.78 is 5.04. The number of carbonyl (C=O) groups excluding carboxylic acids is 1. The number of halogens is 2. The first-order valence-corrected chi connectivity index (χ1v) is 7.05. The molecule has 0 saturated heterocycles. The maximum atomic E-state index is 11.7. The quantitative estimate of drug-likeness (QED) is 0.851. The second-order valence-electron chi connectivity index (χ2n) is 4.51. The van der Waals surface area contributed by atoms with Gasteiger partial charge in [0.1, 0.15) is 5.76 Å². The van der Waals surface area contributed by atoms with Gasteiger partial charge in [-0.15, -0.1) is 0 Å². The molecule has 0 aliphatic rings. The average Bonchev–Trinajstić information content (AvgIpc) is 2.77. The van der Waals surface area contributed by atoms with Crippen molar-refractivity contribution in [2.45, 2.75) is 26.7 Å². The van der Waals surface area contributed by atoms with Gasteiger partial charge < -0.3 is 9.36 Å². The molecule has 0 saturated carbocycles. The molecule has 0 unspecified atom stereocenters. The van der Waals surface area contributed by atoms with Gasteiger partial charge in [0.15, 0.2) is 5.75 Å². The lowest BCUT2D eigenvalue weighted by atomic mass is 10.1. The van der Waals surface area contributed by atoms with E-state index in [4.69, 9.17) is 32.6 Å². The highest BCUT2D eigenvalue weighted by Crippen LogP contribution is 2.25. The van der Waals surface area contributed by atoms with E-state index in [0.29, 0.717) is 22.2 Å². The first kappa shape index (κ1) is 15.7. The number of hydroxylamine groups is 1. The number of nitrogens with zero attached hydrogens (tertiary/aromatic N) is 1. The fourth-order valence-electron chi connectivity index (χ4n) is 1.80. The van der Waals surface area contributed by atoms with Gasteiger partial charge in [0.2, 0.25) is 0 Å². The molecule has 21 heavy (non-hydrogen) atoms. The molecule has 0 radical (unpaired) electrons. The smallest absolute Gasteiger partial charge is 0.252 e. The van der Waals surface area contributed by atoms with Crippen LogP contribution >= 0.6 is 23.2 Å². The number of benzene rings is 1. The molecule has 0 fully saturated rings. The van der Waals surface area contributed by atoms with Crippen molar-refractivity contribution < 1.29 is 14.2 Å². The van der Waals surface area contributed by atoms with Crippen LogP contribution in [0.1, 0.15) is 23.4 Å². The number of amides is 1. The van der Waals surface area contributed by atoms with Crippen molar-refractivity contribution in [3.8, 4) is 5.75 Å². The van der Waals surface area contributed by atoms with Gasteiger partial charge in [0, 0.05) is 18.1 Å². The first-order chi connectivity index (χ1) is 9.97. The van der Waals surface area contributed by atoms with Crippen molar-refractivity contribution in [1.82, 2.24) is 10.6 Å². The second kappa shape index (κ2) is 6.83. The van der Waals surface area contributed by atoms with Crippen LogP contribution in [0.2, 0.25) is 10.0 Å². The maximum absolute atomic E-state index is 11.7. The third-order valence-corrected chi connectivity index (χ3v) is 3.70. The molecule has 2 aromatic rings. The predicted octanol–water partition coefficient (Wildman–Crippen LogP) is 3.64. The SMILES string of the molecule is Cc1noc(C)c1CCC(=O)NOc1ccc(Cl)c(Cl)c1. The number of carbonyl (C=O) groups is 1. The van der Waals surface area contributed by atoms with Crippen LogP contribution in [0, 0.1) is 13.8 Å². The van der Waals surface area contributed by atoms with Crippen LogP contribution in [0.25, 0.3) is 0 Å². The summed E-state index contributed by atoms with van der Waals surface area (Å²) in [4.78, 5) is 16.9. The lowest BCUT2D eigenvalue weighted by Gasteiger charge is -2.07. The Bertz CT molecular complexity index is 636. The number of aromatic nitrogens is 1. The summed E-state index contributed by atoms with van der Waals surface area (Å²) >= 11 is 11.6. The molecule has 112 valence electrons. The van der Waals surface area contributed by atoms with Crippen LogP contribution in [-0.2, 0) is 11.2 Å². The Hall–Kier alpha value is -1.72. The van der Waals surface area contributed by atoms with E-state index in [-0.39, 0.29) is 12.3 Å². The maximum Gasteiger partial charge on any atom is 0.252 e. The van der Waals surface area contributed by atoms with Crippen LogP contribution in [0.5, 0.6) is 5.75 Å². The number of nitrogens with one attached hydrogen (secondary N) is 1.